The van der Waals surface area contributed by atoms with Gasteiger partial charge in [-0.15, -0.1) is 0 Å². The third-order valence-corrected chi connectivity index (χ3v) is 2.50. The monoisotopic (exact) mass is 256 g/mol. The SMILES string of the molecule is CC(C)(C)Nc1ccc(OCc2cccnc2)cc1. The van der Waals surface area contributed by atoms with E-state index in [0.29, 0.717) is 6.61 Å². The van der Waals surface area contributed by atoms with Crippen LogP contribution in [0.1, 0.15) is 26.3 Å². The molecule has 0 spiro atoms. The summed E-state index contributed by atoms with van der Waals surface area (Å²) in [5, 5.41) is 3.42. The number of nitrogens with zero attached hydrogens (tertiary/aromatic N) is 1. The van der Waals surface area contributed by atoms with Crippen LogP contribution in [0.15, 0.2) is 48.8 Å². The van der Waals surface area contributed by atoms with Crippen molar-refractivity contribution in [2.45, 2.75) is 32.9 Å². The molecule has 0 unspecified atom stereocenters. The molecule has 0 amide bonds. The van der Waals surface area contributed by atoms with Crippen molar-refractivity contribution < 1.29 is 4.74 Å². The van der Waals surface area contributed by atoms with E-state index in [9.17, 15) is 0 Å². The zero-order valence-corrected chi connectivity index (χ0v) is 11.7. The molecular formula is C16H20N2O. The van der Waals surface area contributed by atoms with Crippen molar-refractivity contribution in [1.29, 1.82) is 0 Å². The zero-order chi connectivity index (χ0) is 13.7. The number of anilines is 1. The molecule has 0 atom stereocenters. The first-order chi connectivity index (χ1) is 9.03. The molecule has 3 nitrogen and oxygen atoms in total. The zero-order valence-electron chi connectivity index (χ0n) is 11.7. The third kappa shape index (κ3) is 4.62. The van der Waals surface area contributed by atoms with E-state index in [1.165, 1.54) is 0 Å². The van der Waals surface area contributed by atoms with E-state index >= 15 is 0 Å². The van der Waals surface area contributed by atoms with E-state index in [2.05, 4.69) is 31.1 Å². The summed E-state index contributed by atoms with van der Waals surface area (Å²) in [6.07, 6.45) is 3.58. The van der Waals surface area contributed by atoms with Crippen LogP contribution >= 0.6 is 0 Å². The van der Waals surface area contributed by atoms with Gasteiger partial charge in [-0.3, -0.25) is 4.98 Å². The summed E-state index contributed by atoms with van der Waals surface area (Å²) < 4.78 is 5.71. The lowest BCUT2D eigenvalue weighted by atomic mass is 10.1. The summed E-state index contributed by atoms with van der Waals surface area (Å²) in [4.78, 5) is 4.06. The van der Waals surface area contributed by atoms with Gasteiger partial charge in [0.25, 0.3) is 0 Å². The Balaban J connectivity index is 1.92. The third-order valence-electron chi connectivity index (χ3n) is 2.50. The average molecular weight is 256 g/mol. The molecule has 0 bridgehead atoms. The molecule has 0 radical (unpaired) electrons. The van der Waals surface area contributed by atoms with Gasteiger partial charge in [0, 0.05) is 29.2 Å². The van der Waals surface area contributed by atoms with E-state index in [1.807, 2.05) is 42.6 Å². The van der Waals surface area contributed by atoms with Crippen molar-refractivity contribution >= 4 is 5.69 Å². The molecule has 1 aromatic heterocycles. The molecule has 0 aliphatic rings. The van der Waals surface area contributed by atoms with E-state index < -0.39 is 0 Å². The molecule has 1 aromatic carbocycles. The highest BCUT2D eigenvalue weighted by Crippen LogP contribution is 2.19. The Kier molecular flexibility index (Phi) is 4.05. The number of benzene rings is 1. The first kappa shape index (κ1) is 13.4. The van der Waals surface area contributed by atoms with E-state index in [4.69, 9.17) is 4.74 Å². The van der Waals surface area contributed by atoms with Gasteiger partial charge in [0.05, 0.1) is 0 Å². The van der Waals surface area contributed by atoms with Crippen LogP contribution in [0.5, 0.6) is 5.75 Å². The maximum absolute atomic E-state index is 5.71. The highest BCUT2D eigenvalue weighted by Gasteiger charge is 2.08. The number of nitrogens with one attached hydrogen (secondary N) is 1. The lowest BCUT2D eigenvalue weighted by molar-refractivity contribution is 0.306. The van der Waals surface area contributed by atoms with Crippen molar-refractivity contribution in [3.05, 3.63) is 54.4 Å². The Morgan fingerprint density at radius 3 is 2.42 bits per heavy atom. The highest BCUT2D eigenvalue weighted by molar-refractivity contribution is 5.47. The smallest absolute Gasteiger partial charge is 0.119 e. The van der Waals surface area contributed by atoms with Crippen LogP contribution < -0.4 is 10.1 Å². The van der Waals surface area contributed by atoms with Crippen molar-refractivity contribution in [3.8, 4) is 5.75 Å². The van der Waals surface area contributed by atoms with Crippen molar-refractivity contribution in [1.82, 2.24) is 4.98 Å². The lowest BCUT2D eigenvalue weighted by Crippen LogP contribution is -2.25. The minimum Gasteiger partial charge on any atom is -0.489 e. The first-order valence-electron chi connectivity index (χ1n) is 6.43. The summed E-state index contributed by atoms with van der Waals surface area (Å²) in [6.45, 7) is 6.96. The van der Waals surface area contributed by atoms with Gasteiger partial charge >= 0.3 is 0 Å². The Labute approximate surface area is 114 Å². The minimum absolute atomic E-state index is 0.0675. The van der Waals surface area contributed by atoms with Crippen LogP contribution in [0.3, 0.4) is 0 Å². The second-order valence-electron chi connectivity index (χ2n) is 5.55. The van der Waals surface area contributed by atoms with Crippen LogP contribution in [0.25, 0.3) is 0 Å². The van der Waals surface area contributed by atoms with Crippen LogP contribution in [0.4, 0.5) is 5.69 Å². The van der Waals surface area contributed by atoms with Gasteiger partial charge in [-0.05, 0) is 51.1 Å². The van der Waals surface area contributed by atoms with Gasteiger partial charge in [0.1, 0.15) is 12.4 Å². The predicted molar refractivity (Wildman–Crippen MR) is 78.4 cm³/mol. The number of ether oxygens (including phenoxy) is 1. The first-order valence-corrected chi connectivity index (χ1v) is 6.43. The molecule has 3 heteroatoms. The molecule has 1 heterocycles. The number of aromatic nitrogens is 1. The number of pyridine rings is 1. The Hall–Kier alpha value is -2.03. The Morgan fingerprint density at radius 1 is 1.11 bits per heavy atom. The highest BCUT2D eigenvalue weighted by atomic mass is 16.5. The van der Waals surface area contributed by atoms with Gasteiger partial charge in [-0.1, -0.05) is 6.07 Å². The molecule has 0 saturated carbocycles. The van der Waals surface area contributed by atoms with Crippen molar-refractivity contribution in [2.75, 3.05) is 5.32 Å². The van der Waals surface area contributed by atoms with Gasteiger partial charge in [-0.25, -0.2) is 0 Å². The standard InChI is InChI=1S/C16H20N2O/c1-16(2,3)18-14-6-8-15(9-7-14)19-12-13-5-4-10-17-11-13/h4-11,18H,12H2,1-3H3. The molecule has 2 rings (SSSR count). The predicted octanol–water partition coefficient (Wildman–Crippen LogP) is 3.87. The quantitative estimate of drug-likeness (QED) is 0.901. The van der Waals surface area contributed by atoms with E-state index in [0.717, 1.165) is 17.0 Å². The van der Waals surface area contributed by atoms with Crippen molar-refractivity contribution in [2.24, 2.45) is 0 Å². The summed E-state index contributed by atoms with van der Waals surface area (Å²) in [5.41, 5.74) is 2.23. The fraction of sp³-hybridized carbons (Fsp3) is 0.312. The van der Waals surface area contributed by atoms with Crippen LogP contribution in [0.2, 0.25) is 0 Å². The van der Waals surface area contributed by atoms with Crippen LogP contribution in [-0.2, 0) is 6.61 Å². The van der Waals surface area contributed by atoms with E-state index in [-0.39, 0.29) is 5.54 Å². The normalized spacial score (nSPS) is 11.1. The maximum Gasteiger partial charge on any atom is 0.119 e. The fourth-order valence-corrected chi connectivity index (χ4v) is 1.72. The molecule has 1 N–H and O–H groups in total. The number of hydrogen-bond acceptors (Lipinski definition) is 3. The number of rotatable bonds is 4. The topological polar surface area (TPSA) is 34.1 Å². The lowest BCUT2D eigenvalue weighted by Gasteiger charge is -2.22. The largest absolute Gasteiger partial charge is 0.489 e. The summed E-state index contributed by atoms with van der Waals surface area (Å²) in [5.74, 6) is 0.864. The minimum atomic E-state index is 0.0675. The molecule has 100 valence electrons. The molecule has 0 fully saturated rings. The van der Waals surface area contributed by atoms with Gasteiger partial charge in [-0.2, -0.15) is 0 Å². The molecular weight excluding hydrogens is 236 g/mol. The summed E-state index contributed by atoms with van der Waals surface area (Å²) in [7, 11) is 0. The molecule has 0 saturated heterocycles. The van der Waals surface area contributed by atoms with Gasteiger partial charge in [0.15, 0.2) is 0 Å². The van der Waals surface area contributed by atoms with Gasteiger partial charge < -0.3 is 10.1 Å². The molecule has 19 heavy (non-hydrogen) atoms. The molecule has 0 aliphatic heterocycles. The molecule has 2 aromatic rings. The number of hydrogen-bond donors (Lipinski definition) is 1. The fourth-order valence-electron chi connectivity index (χ4n) is 1.72. The Morgan fingerprint density at radius 2 is 1.84 bits per heavy atom. The van der Waals surface area contributed by atoms with Gasteiger partial charge in [0.2, 0.25) is 0 Å². The van der Waals surface area contributed by atoms with E-state index in [1.54, 1.807) is 6.20 Å². The Bertz CT molecular complexity index is 501. The average Bonchev–Trinajstić information content (AvgIpc) is 2.37. The second kappa shape index (κ2) is 5.74. The second-order valence-corrected chi connectivity index (χ2v) is 5.55. The van der Waals surface area contributed by atoms with Crippen LogP contribution in [-0.4, -0.2) is 10.5 Å². The summed E-state index contributed by atoms with van der Waals surface area (Å²) >= 11 is 0. The molecule has 0 aliphatic carbocycles. The van der Waals surface area contributed by atoms with Crippen LogP contribution in [0, 0.1) is 0 Å². The van der Waals surface area contributed by atoms with Crippen molar-refractivity contribution in [3.63, 3.8) is 0 Å². The summed E-state index contributed by atoms with van der Waals surface area (Å²) in [6, 6.07) is 11.9. The maximum atomic E-state index is 5.71.